The van der Waals surface area contributed by atoms with E-state index in [1.807, 2.05) is 7.05 Å². The molecule has 81 heavy (non-hydrogen) atoms. The zero-order chi connectivity index (χ0) is 62.0. The first-order valence-corrected chi connectivity index (χ1v) is 27.5. The first kappa shape index (κ1) is 74.6. The molecule has 0 bridgehead atoms. The van der Waals surface area contributed by atoms with Crippen molar-refractivity contribution in [1.29, 1.82) is 0 Å². The lowest BCUT2D eigenvalue weighted by atomic mass is 9.74. The number of carbonyl (C=O) groups excluding carboxylic acids is 8. The van der Waals surface area contributed by atoms with Gasteiger partial charge in [0.05, 0.1) is 42.9 Å². The number of amides is 5. The Labute approximate surface area is 477 Å². The van der Waals surface area contributed by atoms with E-state index in [4.69, 9.17) is 26.0 Å². The smallest absolute Gasteiger partial charge is 0.326 e. The van der Waals surface area contributed by atoms with Gasteiger partial charge in [0.1, 0.15) is 31.3 Å². The van der Waals surface area contributed by atoms with Crippen LogP contribution in [0.3, 0.4) is 0 Å². The van der Waals surface area contributed by atoms with Gasteiger partial charge in [0.25, 0.3) is 0 Å². The number of carbonyl (C=O) groups is 11. The number of ether oxygens (including phenoxy) is 2. The van der Waals surface area contributed by atoms with Crippen LogP contribution in [0.15, 0.2) is 24.3 Å². The van der Waals surface area contributed by atoms with E-state index in [1.165, 1.54) is 0 Å². The summed E-state index contributed by atoms with van der Waals surface area (Å²) in [6.45, 7) is 17.6. The van der Waals surface area contributed by atoms with E-state index in [2.05, 4.69) is 37.2 Å². The number of carboxylic acid groups (broad SMARTS) is 3. The molecule has 460 valence electrons. The number of rotatable bonds is 38. The summed E-state index contributed by atoms with van der Waals surface area (Å²) in [5.41, 5.74) is 8.60. The van der Waals surface area contributed by atoms with Crippen LogP contribution in [0.2, 0.25) is 0 Å². The van der Waals surface area contributed by atoms with Crippen LogP contribution >= 0.6 is 0 Å². The van der Waals surface area contributed by atoms with Crippen LogP contribution in [-0.4, -0.2) is 170 Å². The number of carboxylic acids is 3. The van der Waals surface area contributed by atoms with E-state index in [-0.39, 0.29) is 87.3 Å². The highest BCUT2D eigenvalue weighted by molar-refractivity contribution is 5.91. The van der Waals surface area contributed by atoms with E-state index in [0.717, 1.165) is 32.0 Å². The molecule has 0 spiro atoms. The number of nitrogen functional groups attached to an aromatic ring is 1. The molecule has 1 aliphatic carbocycles. The molecule has 25 nitrogen and oxygen atoms in total. The monoisotopic (exact) mass is 1150 g/mol. The number of aldehydes is 2. The number of nitrogens with one attached hydrogen (secondary N) is 7. The van der Waals surface area contributed by atoms with Crippen LogP contribution in [0.4, 0.5) is 5.69 Å². The first-order valence-electron chi connectivity index (χ1n) is 27.5. The highest BCUT2D eigenvalue weighted by atomic mass is 16.5. The van der Waals surface area contributed by atoms with Gasteiger partial charge in [0, 0.05) is 54.6 Å². The first-order chi connectivity index (χ1) is 37.7. The zero-order valence-corrected chi connectivity index (χ0v) is 49.3. The van der Waals surface area contributed by atoms with Gasteiger partial charge in [-0.05, 0) is 156 Å². The third-order valence-electron chi connectivity index (χ3n) is 13.4. The van der Waals surface area contributed by atoms with Crippen molar-refractivity contribution in [2.45, 2.75) is 169 Å². The van der Waals surface area contributed by atoms with Crippen molar-refractivity contribution in [2.75, 3.05) is 65.4 Å². The van der Waals surface area contributed by atoms with Crippen molar-refractivity contribution < 1.29 is 77.5 Å². The van der Waals surface area contributed by atoms with Crippen molar-refractivity contribution in [3.63, 3.8) is 0 Å². The fourth-order valence-electron chi connectivity index (χ4n) is 8.16. The molecular weight excluding hydrogens is 1050 g/mol. The van der Waals surface area contributed by atoms with Crippen LogP contribution < -0.4 is 48.7 Å². The Bertz CT molecular complexity index is 2160. The number of hydrogen-bond donors (Lipinski definition) is 12. The number of nitrogens with two attached hydrogens (primary N) is 2. The average Bonchev–Trinajstić information content (AvgIpc) is 3.39. The average molecular weight is 1150 g/mol. The van der Waals surface area contributed by atoms with Crippen LogP contribution in [-0.2, 0) is 57.4 Å². The van der Waals surface area contributed by atoms with Gasteiger partial charge in [-0.25, -0.2) is 4.79 Å². The number of primary amides is 1. The molecule has 0 heterocycles. The van der Waals surface area contributed by atoms with Gasteiger partial charge >= 0.3 is 17.9 Å². The van der Waals surface area contributed by atoms with Crippen LogP contribution in [0, 0.1) is 22.7 Å². The van der Waals surface area contributed by atoms with E-state index in [1.54, 1.807) is 86.6 Å². The normalized spacial score (nSPS) is 15.5. The van der Waals surface area contributed by atoms with Crippen molar-refractivity contribution in [1.82, 2.24) is 37.2 Å². The second-order valence-electron chi connectivity index (χ2n) is 22.8. The van der Waals surface area contributed by atoms with Gasteiger partial charge < -0.3 is 73.0 Å². The van der Waals surface area contributed by atoms with Gasteiger partial charge in [-0.2, -0.15) is 0 Å². The molecule has 1 aromatic carbocycles. The van der Waals surface area contributed by atoms with Gasteiger partial charge in [0.15, 0.2) is 5.78 Å². The lowest BCUT2D eigenvalue weighted by Crippen LogP contribution is -2.54. The number of unbranched alkanes of at least 4 members (excludes halogenated alkanes) is 1. The topological polar surface area (TPSA) is 403 Å². The van der Waals surface area contributed by atoms with Crippen molar-refractivity contribution in [3.8, 4) is 0 Å². The second kappa shape index (κ2) is 38.3. The number of hydrogen-bond acceptors (Lipinski definition) is 17. The summed E-state index contributed by atoms with van der Waals surface area (Å²) >= 11 is 0. The fourth-order valence-corrected chi connectivity index (χ4v) is 8.16. The summed E-state index contributed by atoms with van der Waals surface area (Å²) in [5, 5.41) is 47.2. The summed E-state index contributed by atoms with van der Waals surface area (Å²) in [7, 11) is 1.85. The summed E-state index contributed by atoms with van der Waals surface area (Å²) < 4.78 is 10.8. The van der Waals surface area contributed by atoms with Crippen LogP contribution in [0.5, 0.6) is 0 Å². The fraction of sp³-hybridized carbons (Fsp3) is 0.696. The lowest BCUT2D eigenvalue weighted by Gasteiger charge is -2.33. The van der Waals surface area contributed by atoms with Gasteiger partial charge in [-0.1, -0.05) is 13.8 Å². The van der Waals surface area contributed by atoms with Crippen molar-refractivity contribution >= 4 is 71.5 Å². The minimum atomic E-state index is -1.24. The van der Waals surface area contributed by atoms with Crippen LogP contribution in [0.25, 0.3) is 0 Å². The molecule has 0 aromatic heterocycles. The zero-order valence-electron chi connectivity index (χ0n) is 49.3. The Morgan fingerprint density at radius 3 is 1.88 bits per heavy atom. The predicted octanol–water partition coefficient (Wildman–Crippen LogP) is 2.12. The largest absolute Gasteiger partial charge is 0.481 e. The van der Waals surface area contributed by atoms with E-state index < -0.39 is 69.6 Å². The minimum absolute atomic E-state index is 0.0889. The molecule has 25 heteroatoms. The summed E-state index contributed by atoms with van der Waals surface area (Å²) in [6.07, 6.45) is 6.28. The highest BCUT2D eigenvalue weighted by Crippen LogP contribution is 2.35. The molecule has 3 unspecified atom stereocenters. The molecule has 14 N–H and O–H groups in total. The van der Waals surface area contributed by atoms with Gasteiger partial charge in [0.2, 0.25) is 29.5 Å². The summed E-state index contributed by atoms with van der Waals surface area (Å²) in [5.74, 6) is -5.59. The Hall–Kier alpha value is -6.41. The Balaban J connectivity index is 0.00000138. The number of ketones is 1. The lowest BCUT2D eigenvalue weighted by molar-refractivity contribution is -0.150. The quantitative estimate of drug-likeness (QED) is 0.0256. The van der Waals surface area contributed by atoms with E-state index >= 15 is 0 Å². The molecule has 5 amide bonds. The molecule has 0 aliphatic heterocycles. The van der Waals surface area contributed by atoms with E-state index in [9.17, 15) is 63.0 Å². The van der Waals surface area contributed by atoms with Crippen molar-refractivity contribution in [3.05, 3.63) is 29.8 Å². The third-order valence-corrected chi connectivity index (χ3v) is 13.4. The molecule has 1 fully saturated rings. The predicted molar refractivity (Wildman–Crippen MR) is 304 cm³/mol. The summed E-state index contributed by atoms with van der Waals surface area (Å²) in [6, 6.07) is 4.44. The van der Waals surface area contributed by atoms with Crippen LogP contribution in [0.1, 0.15) is 150 Å². The van der Waals surface area contributed by atoms with Gasteiger partial charge in [-0.3, -0.25) is 48.5 Å². The molecule has 0 saturated heterocycles. The molecule has 1 aliphatic rings. The molecule has 0 radical (unpaired) electrons. The number of aliphatic carboxylic acids is 3. The number of anilines is 1. The van der Waals surface area contributed by atoms with E-state index in [0.29, 0.717) is 69.7 Å². The molecule has 1 aromatic rings. The Morgan fingerprint density at radius 2 is 1.33 bits per heavy atom. The Kier molecular flexibility index (Phi) is 35.3. The second-order valence-corrected chi connectivity index (χ2v) is 22.8. The maximum atomic E-state index is 12.7. The molecule has 1 saturated carbocycles. The highest BCUT2D eigenvalue weighted by Gasteiger charge is 2.39. The Morgan fingerprint density at radius 1 is 0.716 bits per heavy atom. The SMILES string of the molecule is CC(CCC(=O)O)NC(=O)CCC(NC(=O)C1CCC(CNC(=O)C(C)(C)CC(C)(C)C(=O)O)CC1)C(=O)O.CNCCCCC(NC(=O)CNC(C)(C)C(=O)COCCOCCNC(C)(C)C=O)C(N)=O.Nc1ccc(C=O)cc1. The molecule has 3 atom stereocenters. The molecular formula is C56H95N9O16. The maximum Gasteiger partial charge on any atom is 0.326 e. The molecule has 2 rings (SSSR count). The third kappa shape index (κ3) is 33.8. The number of benzene rings is 1. The summed E-state index contributed by atoms with van der Waals surface area (Å²) in [4.78, 5) is 128. The maximum absolute atomic E-state index is 12.7. The standard InChI is InChI=1S/C27H45N3O9.C22H43N5O6.C7H7NO/c1-16(6-13-21(32)33)29-20(31)12-11-19(23(35)36)30-22(34)18-9-7-17(8-10-18)14-28-24(37)26(2,3)15-27(4,5)25(38)39;1-21(2,16-28)25-10-11-32-12-13-33-15-18(29)22(3,4)26-14-19(30)27-17(20(23)31)8-6-7-9-24-5;8-7-3-1-6(5-9)2-4-7/h16-19H,6-15H2,1-5H3,(H,28,37)(H,29,31)(H,30,34)(H,32,33)(H,35,36)(H,38,39);16-17,24-26H,6-15H2,1-5H3,(H2,23,31)(H,27,30);1-5H,8H2. The van der Waals surface area contributed by atoms with Crippen molar-refractivity contribution in [2.24, 2.45) is 28.4 Å². The number of Topliss-reactive ketones (excluding diaryl/α,β-unsaturated/α-hetero) is 1. The minimum Gasteiger partial charge on any atom is -0.481 e. The van der Waals surface area contributed by atoms with Gasteiger partial charge in [-0.15, -0.1) is 0 Å².